The maximum absolute atomic E-state index is 10.3. The zero-order chi connectivity index (χ0) is 15.6. The number of thiophene rings is 2. The Hall–Kier alpha value is 0.791. The van der Waals surface area contributed by atoms with Crippen LogP contribution in [0.4, 0.5) is 0 Å². The predicted octanol–water partition coefficient (Wildman–Crippen LogP) is 1.54. The van der Waals surface area contributed by atoms with E-state index >= 15 is 0 Å². The van der Waals surface area contributed by atoms with Gasteiger partial charge in [0.2, 0.25) is 0 Å². The van der Waals surface area contributed by atoms with Crippen molar-refractivity contribution >= 4 is 91.8 Å². The molecule has 112 valence electrons. The monoisotopic (exact) mass is 492 g/mol. The molecule has 0 saturated carbocycles. The molecule has 21 heavy (non-hydrogen) atoms. The second-order valence-electron chi connectivity index (χ2n) is 3.64. The Morgan fingerprint density at radius 1 is 0.762 bits per heavy atom. The molecule has 0 saturated heterocycles. The van der Waals surface area contributed by atoms with Gasteiger partial charge in [-0.05, 0) is 38.1 Å². The number of hydrogen-bond donors (Lipinski definition) is 0. The molecule has 0 amide bonds. The van der Waals surface area contributed by atoms with Gasteiger partial charge in [-0.25, -0.2) is 16.8 Å². The van der Waals surface area contributed by atoms with Crippen LogP contribution in [0.2, 0.25) is 0 Å². The van der Waals surface area contributed by atoms with E-state index in [4.69, 9.17) is 0 Å². The van der Waals surface area contributed by atoms with Crippen LogP contribution in [0, 0.1) is 13.8 Å². The third-order valence-electron chi connectivity index (χ3n) is 1.92. The molecule has 0 fully saturated rings. The van der Waals surface area contributed by atoms with E-state index in [1.54, 1.807) is 26.0 Å². The van der Waals surface area contributed by atoms with Crippen LogP contribution >= 0.6 is 22.7 Å². The summed E-state index contributed by atoms with van der Waals surface area (Å²) in [4.78, 5) is 1.66. The van der Waals surface area contributed by atoms with Crippen LogP contribution < -0.4 is 0 Å². The molecule has 0 N–H and O–H groups in total. The maximum Gasteiger partial charge on any atom is 2.00 e. The van der Waals surface area contributed by atoms with E-state index in [2.05, 4.69) is 0 Å². The van der Waals surface area contributed by atoms with Gasteiger partial charge in [0.25, 0.3) is 0 Å². The first-order valence-corrected chi connectivity index (χ1v) is 9.50. The zero-order valence-corrected chi connectivity index (χ0v) is 18.8. The van der Waals surface area contributed by atoms with Crippen LogP contribution in [-0.4, -0.2) is 74.8 Å². The minimum absolute atomic E-state index is 0. The van der Waals surface area contributed by atoms with E-state index in [9.17, 15) is 25.9 Å². The minimum atomic E-state index is -4.21. The van der Waals surface area contributed by atoms with Gasteiger partial charge in [0.05, 0.1) is 0 Å². The van der Waals surface area contributed by atoms with Gasteiger partial charge in [-0.2, -0.15) is 0 Å². The van der Waals surface area contributed by atoms with E-state index in [-0.39, 0.29) is 57.3 Å². The smallest absolute Gasteiger partial charge is 0.743 e. The maximum atomic E-state index is 10.3. The summed E-state index contributed by atoms with van der Waals surface area (Å²) in [6, 6.07) is 5.86. The third kappa shape index (κ3) is 7.74. The first-order chi connectivity index (χ1) is 9.00. The van der Waals surface area contributed by atoms with Crippen molar-refractivity contribution in [2.45, 2.75) is 22.3 Å². The summed E-state index contributed by atoms with van der Waals surface area (Å²) >= 11 is 1.99. The molecule has 0 aliphatic heterocycles. The van der Waals surface area contributed by atoms with Gasteiger partial charge in [0.15, 0.2) is 0 Å². The van der Waals surface area contributed by atoms with Gasteiger partial charge in [-0.3, -0.25) is 0 Å². The first-order valence-electron chi connectivity index (χ1n) is 5.05. The van der Waals surface area contributed by atoms with E-state index in [0.29, 0.717) is 0 Å². The largest absolute Gasteiger partial charge is 2.00 e. The Morgan fingerprint density at radius 2 is 1.05 bits per heavy atom. The molecule has 0 radical (unpaired) electrons. The van der Waals surface area contributed by atoms with E-state index in [1.807, 2.05) is 0 Å². The molecule has 11 heteroatoms. The Balaban J connectivity index is 0.000000364. The Morgan fingerprint density at radius 3 is 1.14 bits per heavy atom. The topological polar surface area (TPSA) is 114 Å². The first kappa shape index (κ1) is 21.8. The van der Waals surface area contributed by atoms with Crippen molar-refractivity contribution < 1.29 is 25.9 Å². The van der Waals surface area contributed by atoms with Crippen LogP contribution in [0.3, 0.4) is 0 Å². The van der Waals surface area contributed by atoms with Crippen molar-refractivity contribution in [2.24, 2.45) is 0 Å². The molecule has 0 aromatic carbocycles. The van der Waals surface area contributed by atoms with E-state index in [1.165, 1.54) is 12.1 Å². The molecule has 2 aromatic heterocycles. The summed E-state index contributed by atoms with van der Waals surface area (Å²) in [6.07, 6.45) is 0. The zero-order valence-electron chi connectivity index (χ0n) is 11.1. The van der Waals surface area contributed by atoms with Gasteiger partial charge < -0.3 is 9.11 Å². The molecule has 2 heterocycles. The van der Waals surface area contributed by atoms with Gasteiger partial charge in [0.1, 0.15) is 28.7 Å². The Kier molecular flexibility index (Phi) is 8.91. The van der Waals surface area contributed by atoms with Crippen molar-refractivity contribution in [1.29, 1.82) is 0 Å². The van der Waals surface area contributed by atoms with Crippen LogP contribution in [0.5, 0.6) is 0 Å². The van der Waals surface area contributed by atoms with E-state index < -0.39 is 20.2 Å². The molecule has 0 atom stereocenters. The van der Waals surface area contributed by atoms with Gasteiger partial charge in [-0.1, -0.05) is 0 Å². The second-order valence-corrected chi connectivity index (χ2v) is 9.43. The summed E-state index contributed by atoms with van der Waals surface area (Å²) in [6.45, 7) is 3.50. The summed E-state index contributed by atoms with van der Waals surface area (Å²) in [5.74, 6) is 0. The van der Waals surface area contributed by atoms with Crippen molar-refractivity contribution in [3.63, 3.8) is 0 Å². The molecule has 2 rings (SSSR count). The Labute approximate surface area is 171 Å². The van der Waals surface area contributed by atoms with E-state index in [0.717, 1.165) is 32.4 Å². The average Bonchev–Trinajstić information content (AvgIpc) is 2.85. The number of rotatable bonds is 2. The normalized spacial score (nSPS) is 11.2. The minimum Gasteiger partial charge on any atom is -0.743 e. The quantitative estimate of drug-likeness (QED) is 0.465. The Bertz CT molecular complexity index is 719. The van der Waals surface area contributed by atoms with Crippen molar-refractivity contribution in [1.82, 2.24) is 0 Å². The summed E-state index contributed by atoms with van der Waals surface area (Å²) in [7, 11) is -8.43. The fraction of sp³-hybridized carbons (Fsp3) is 0.200. The standard InChI is InChI=1S/2C5H6O3S2.Ba/c2*1-4-2-3-5(9-4)10(6,7)8;/h2*2-3H,1H3,(H,6,7,8);/q;;+2/p-2. The van der Waals surface area contributed by atoms with Crippen molar-refractivity contribution in [3.05, 3.63) is 34.0 Å². The molecule has 2 aromatic rings. The molecule has 0 bridgehead atoms. The molecule has 0 aliphatic carbocycles. The molecule has 0 aliphatic rings. The third-order valence-corrected chi connectivity index (χ3v) is 6.50. The summed E-state index contributed by atoms with van der Waals surface area (Å²) in [5, 5.41) is 0. The van der Waals surface area contributed by atoms with Crippen molar-refractivity contribution in [2.75, 3.05) is 0 Å². The number of hydrogen-bond acceptors (Lipinski definition) is 8. The molecule has 0 spiro atoms. The SMILES string of the molecule is Cc1ccc(S(=O)(=O)[O-])s1.Cc1ccc(S(=O)(=O)[O-])s1.[Ba+2]. The molecule has 6 nitrogen and oxygen atoms in total. The second kappa shape index (κ2) is 8.59. The molecular formula is C10H10BaO6S4. The number of aryl methyl sites for hydroxylation is 2. The van der Waals surface area contributed by atoms with Crippen LogP contribution in [0.25, 0.3) is 0 Å². The van der Waals surface area contributed by atoms with Gasteiger partial charge in [-0.15, -0.1) is 22.7 Å². The average molecular weight is 492 g/mol. The molecular weight excluding hydrogens is 482 g/mol. The van der Waals surface area contributed by atoms with Crippen LogP contribution in [-0.2, 0) is 20.2 Å². The molecule has 0 unspecified atom stereocenters. The summed E-state index contributed by atoms with van der Waals surface area (Å²) in [5.41, 5.74) is 0. The predicted molar refractivity (Wildman–Crippen MR) is 79.8 cm³/mol. The van der Waals surface area contributed by atoms with Crippen molar-refractivity contribution in [3.8, 4) is 0 Å². The summed E-state index contributed by atoms with van der Waals surface area (Å²) < 4.78 is 61.6. The van der Waals surface area contributed by atoms with Crippen LogP contribution in [0.15, 0.2) is 32.7 Å². The fourth-order valence-corrected chi connectivity index (χ4v) is 4.35. The van der Waals surface area contributed by atoms with Gasteiger partial charge >= 0.3 is 48.9 Å². The fourth-order valence-electron chi connectivity index (χ4n) is 1.09. The van der Waals surface area contributed by atoms with Gasteiger partial charge in [0, 0.05) is 9.75 Å². The van der Waals surface area contributed by atoms with Crippen LogP contribution in [0.1, 0.15) is 9.75 Å².